The Morgan fingerprint density at radius 1 is 1.37 bits per heavy atom. The number of carbonyl (C=O) groups excluding carboxylic acids is 1. The molecular weight excluding hydrogens is 240 g/mol. The molecule has 0 unspecified atom stereocenters. The summed E-state index contributed by atoms with van der Waals surface area (Å²) in [6.07, 6.45) is 0. The largest absolute Gasteiger partial charge is 0.369 e. The smallest absolute Gasteiger partial charge is 0.256 e. The molecule has 4 heteroatoms. The van der Waals surface area contributed by atoms with Crippen molar-refractivity contribution in [3.8, 4) is 0 Å². The van der Waals surface area contributed by atoms with E-state index in [1.54, 1.807) is 13.8 Å². The van der Waals surface area contributed by atoms with Crippen LogP contribution in [0.5, 0.6) is 0 Å². The van der Waals surface area contributed by atoms with E-state index in [9.17, 15) is 4.79 Å². The molecule has 1 rings (SSSR count). The molecule has 0 heterocycles. The van der Waals surface area contributed by atoms with Crippen molar-refractivity contribution in [2.75, 3.05) is 12.4 Å². The van der Waals surface area contributed by atoms with E-state index in [1.165, 1.54) is 7.11 Å². The molecule has 1 amide bonds. The highest BCUT2D eigenvalue weighted by Crippen LogP contribution is 2.15. The van der Waals surface area contributed by atoms with Crippen LogP contribution in [0, 0.1) is 0 Å². The van der Waals surface area contributed by atoms with Crippen molar-refractivity contribution < 1.29 is 9.53 Å². The lowest BCUT2D eigenvalue weighted by molar-refractivity contribution is -0.133. The Morgan fingerprint density at radius 2 is 2.05 bits per heavy atom. The molecule has 2 N–H and O–H groups in total. The second kappa shape index (κ2) is 6.68. The van der Waals surface area contributed by atoms with Crippen LogP contribution in [0.1, 0.15) is 33.3 Å². The van der Waals surface area contributed by atoms with Crippen molar-refractivity contribution in [3.05, 3.63) is 29.8 Å². The molecule has 0 spiro atoms. The first-order valence-corrected chi connectivity index (χ1v) is 6.54. The number of ether oxygens (including phenoxy) is 1. The molecule has 106 valence electrons. The molecule has 1 aromatic rings. The lowest BCUT2D eigenvalue weighted by Crippen LogP contribution is -2.38. The summed E-state index contributed by atoms with van der Waals surface area (Å²) in [4.78, 5) is 12.0. The summed E-state index contributed by atoms with van der Waals surface area (Å²) < 4.78 is 5.16. The standard InChI is InChI=1S/C15H24N2O2/c1-11(2)16-10-12-7-6-8-13(9-12)17-14(18)15(3,4)19-5/h6-9,11,16H,10H2,1-5H3,(H,17,18). The van der Waals surface area contributed by atoms with Gasteiger partial charge in [0.2, 0.25) is 0 Å². The Hall–Kier alpha value is -1.39. The number of amides is 1. The van der Waals surface area contributed by atoms with Gasteiger partial charge in [0.15, 0.2) is 0 Å². The van der Waals surface area contributed by atoms with Gasteiger partial charge in [0.1, 0.15) is 5.60 Å². The lowest BCUT2D eigenvalue weighted by atomic mass is 10.1. The molecule has 0 fully saturated rings. The first-order valence-electron chi connectivity index (χ1n) is 6.54. The molecule has 0 bridgehead atoms. The fraction of sp³-hybridized carbons (Fsp3) is 0.533. The van der Waals surface area contributed by atoms with Gasteiger partial charge in [-0.15, -0.1) is 0 Å². The van der Waals surface area contributed by atoms with Crippen molar-refractivity contribution in [1.29, 1.82) is 0 Å². The van der Waals surface area contributed by atoms with E-state index in [2.05, 4.69) is 24.5 Å². The fourth-order valence-corrected chi connectivity index (χ4v) is 1.46. The molecule has 19 heavy (non-hydrogen) atoms. The molecule has 4 nitrogen and oxygen atoms in total. The molecule has 0 aliphatic carbocycles. The zero-order valence-corrected chi connectivity index (χ0v) is 12.4. The molecule has 0 radical (unpaired) electrons. The summed E-state index contributed by atoms with van der Waals surface area (Å²) in [7, 11) is 1.53. The topological polar surface area (TPSA) is 50.4 Å². The van der Waals surface area contributed by atoms with Crippen molar-refractivity contribution >= 4 is 11.6 Å². The summed E-state index contributed by atoms with van der Waals surface area (Å²) >= 11 is 0. The zero-order chi connectivity index (χ0) is 14.5. The molecule has 0 saturated carbocycles. The normalized spacial score (nSPS) is 11.7. The Bertz CT molecular complexity index is 428. The van der Waals surface area contributed by atoms with Crippen LogP contribution in [0.15, 0.2) is 24.3 Å². The maximum atomic E-state index is 12.0. The van der Waals surface area contributed by atoms with Crippen molar-refractivity contribution in [2.45, 2.75) is 45.9 Å². The lowest BCUT2D eigenvalue weighted by Gasteiger charge is -2.21. The average Bonchev–Trinajstić information content (AvgIpc) is 2.36. The number of nitrogens with one attached hydrogen (secondary N) is 2. The average molecular weight is 264 g/mol. The van der Waals surface area contributed by atoms with E-state index < -0.39 is 5.60 Å². The Kier molecular flexibility index (Phi) is 5.51. The SMILES string of the molecule is COC(C)(C)C(=O)Nc1cccc(CNC(C)C)c1. The van der Waals surface area contributed by atoms with E-state index >= 15 is 0 Å². The second-order valence-corrected chi connectivity index (χ2v) is 5.40. The van der Waals surface area contributed by atoms with Crippen LogP contribution in [0.3, 0.4) is 0 Å². The molecule has 0 aliphatic heterocycles. The summed E-state index contributed by atoms with van der Waals surface area (Å²) in [5.41, 5.74) is 1.10. The summed E-state index contributed by atoms with van der Waals surface area (Å²) in [5, 5.41) is 6.22. The van der Waals surface area contributed by atoms with Crippen LogP contribution in [0.4, 0.5) is 5.69 Å². The first kappa shape index (κ1) is 15.7. The third-order valence-corrected chi connectivity index (χ3v) is 2.96. The van der Waals surface area contributed by atoms with Gasteiger partial charge in [0, 0.05) is 25.4 Å². The van der Waals surface area contributed by atoms with E-state index in [1.807, 2.05) is 24.3 Å². The van der Waals surface area contributed by atoms with Gasteiger partial charge in [-0.05, 0) is 31.5 Å². The Labute approximate surface area is 115 Å². The molecule has 0 saturated heterocycles. The van der Waals surface area contributed by atoms with Gasteiger partial charge in [-0.2, -0.15) is 0 Å². The zero-order valence-electron chi connectivity index (χ0n) is 12.4. The second-order valence-electron chi connectivity index (χ2n) is 5.40. The quantitative estimate of drug-likeness (QED) is 0.830. The van der Waals surface area contributed by atoms with Gasteiger partial charge in [0.25, 0.3) is 5.91 Å². The maximum Gasteiger partial charge on any atom is 0.256 e. The highest BCUT2D eigenvalue weighted by Gasteiger charge is 2.26. The summed E-state index contributed by atoms with van der Waals surface area (Å²) in [5.74, 6) is -0.149. The Balaban J connectivity index is 2.69. The number of carbonyl (C=O) groups is 1. The third kappa shape index (κ3) is 5.01. The van der Waals surface area contributed by atoms with Crippen molar-refractivity contribution in [3.63, 3.8) is 0 Å². The third-order valence-electron chi connectivity index (χ3n) is 2.96. The van der Waals surface area contributed by atoms with Crippen LogP contribution in [-0.4, -0.2) is 24.7 Å². The van der Waals surface area contributed by atoms with E-state index in [0.717, 1.165) is 17.8 Å². The predicted octanol–water partition coefficient (Wildman–Crippen LogP) is 2.55. The monoisotopic (exact) mass is 264 g/mol. The van der Waals surface area contributed by atoms with Gasteiger partial charge in [-0.3, -0.25) is 4.79 Å². The van der Waals surface area contributed by atoms with Gasteiger partial charge in [-0.25, -0.2) is 0 Å². The van der Waals surface area contributed by atoms with Gasteiger partial charge >= 0.3 is 0 Å². The number of methoxy groups -OCH3 is 1. The molecule has 0 aromatic heterocycles. The Morgan fingerprint density at radius 3 is 2.63 bits per heavy atom. The van der Waals surface area contributed by atoms with Crippen LogP contribution in [0.25, 0.3) is 0 Å². The van der Waals surface area contributed by atoms with Crippen molar-refractivity contribution in [2.24, 2.45) is 0 Å². The molecular formula is C15H24N2O2. The van der Waals surface area contributed by atoms with Gasteiger partial charge < -0.3 is 15.4 Å². The van der Waals surface area contributed by atoms with Crippen molar-refractivity contribution in [1.82, 2.24) is 5.32 Å². The molecule has 0 aliphatic rings. The number of hydrogen-bond donors (Lipinski definition) is 2. The minimum Gasteiger partial charge on any atom is -0.369 e. The molecule has 1 aromatic carbocycles. The minimum atomic E-state index is -0.827. The summed E-state index contributed by atoms with van der Waals surface area (Å²) in [6, 6.07) is 8.26. The maximum absolute atomic E-state index is 12.0. The summed E-state index contributed by atoms with van der Waals surface area (Å²) in [6.45, 7) is 8.48. The van der Waals surface area contributed by atoms with Crippen LogP contribution in [0.2, 0.25) is 0 Å². The van der Waals surface area contributed by atoms with Crippen LogP contribution < -0.4 is 10.6 Å². The first-order chi connectivity index (χ1) is 8.85. The minimum absolute atomic E-state index is 0.149. The highest BCUT2D eigenvalue weighted by molar-refractivity contribution is 5.96. The van der Waals surface area contributed by atoms with E-state index in [0.29, 0.717) is 6.04 Å². The fourth-order valence-electron chi connectivity index (χ4n) is 1.46. The van der Waals surface area contributed by atoms with E-state index in [4.69, 9.17) is 4.74 Å². The van der Waals surface area contributed by atoms with Gasteiger partial charge in [-0.1, -0.05) is 26.0 Å². The van der Waals surface area contributed by atoms with E-state index in [-0.39, 0.29) is 5.91 Å². The highest BCUT2D eigenvalue weighted by atomic mass is 16.5. The number of anilines is 1. The van der Waals surface area contributed by atoms with Gasteiger partial charge in [0.05, 0.1) is 0 Å². The number of rotatable bonds is 6. The van der Waals surface area contributed by atoms with Crippen LogP contribution >= 0.6 is 0 Å². The molecule has 0 atom stereocenters. The van der Waals surface area contributed by atoms with Crippen LogP contribution in [-0.2, 0) is 16.1 Å². The predicted molar refractivity (Wildman–Crippen MR) is 78.1 cm³/mol. The number of hydrogen-bond acceptors (Lipinski definition) is 3. The number of benzene rings is 1.